The molecule has 0 aromatic heterocycles. The van der Waals surface area contributed by atoms with Crippen LogP contribution in [0.3, 0.4) is 0 Å². The van der Waals surface area contributed by atoms with Gasteiger partial charge in [0.2, 0.25) is 0 Å². The molecule has 0 radical (unpaired) electrons. The molecule has 0 bridgehead atoms. The largest absolute Gasteiger partial charge is 0.427 e. The van der Waals surface area contributed by atoms with Gasteiger partial charge in [-0.3, -0.25) is 19.2 Å². The Morgan fingerprint density at radius 1 is 0.536 bits per heavy atom. The van der Waals surface area contributed by atoms with Gasteiger partial charge in [0.25, 0.3) is 0 Å². The van der Waals surface area contributed by atoms with Crippen LogP contribution in [0.25, 0.3) is 11.1 Å². The molecule has 0 aliphatic carbocycles. The van der Waals surface area contributed by atoms with Gasteiger partial charge in [0.05, 0.1) is 0 Å². The Hall–Kier alpha value is -3.68. The van der Waals surface area contributed by atoms with E-state index in [1.165, 1.54) is 52.0 Å². The van der Waals surface area contributed by atoms with Crippen LogP contribution in [0.1, 0.15) is 27.7 Å². The third kappa shape index (κ3) is 5.66. The molecule has 0 saturated carbocycles. The quantitative estimate of drug-likeness (QED) is 0.570. The van der Waals surface area contributed by atoms with Gasteiger partial charge in [-0.15, -0.1) is 0 Å². The van der Waals surface area contributed by atoms with Crippen molar-refractivity contribution < 1.29 is 38.1 Å². The molecule has 8 heteroatoms. The zero-order valence-corrected chi connectivity index (χ0v) is 15.7. The third-order valence-corrected chi connectivity index (χ3v) is 3.23. The predicted molar refractivity (Wildman–Crippen MR) is 97.1 cm³/mol. The van der Waals surface area contributed by atoms with Gasteiger partial charge < -0.3 is 18.9 Å². The van der Waals surface area contributed by atoms with E-state index in [1.54, 1.807) is 12.1 Å². The molecule has 0 amide bonds. The van der Waals surface area contributed by atoms with Gasteiger partial charge in [-0.1, -0.05) is 0 Å². The molecule has 0 saturated heterocycles. The van der Waals surface area contributed by atoms with Crippen molar-refractivity contribution in [3.8, 4) is 34.1 Å². The summed E-state index contributed by atoms with van der Waals surface area (Å²) in [7, 11) is 0. The molecule has 2 aromatic rings. The van der Waals surface area contributed by atoms with E-state index in [4.69, 9.17) is 18.9 Å². The van der Waals surface area contributed by atoms with Crippen molar-refractivity contribution in [3.05, 3.63) is 36.4 Å². The zero-order chi connectivity index (χ0) is 20.8. The fraction of sp³-hybridized carbons (Fsp3) is 0.200. The third-order valence-electron chi connectivity index (χ3n) is 3.23. The molecule has 2 aromatic carbocycles. The summed E-state index contributed by atoms with van der Waals surface area (Å²) in [6, 6.07) is 8.84. The van der Waals surface area contributed by atoms with Crippen LogP contribution in [-0.2, 0) is 19.2 Å². The molecule has 0 fully saturated rings. The van der Waals surface area contributed by atoms with E-state index < -0.39 is 23.9 Å². The Bertz CT molecular complexity index is 868. The minimum absolute atomic E-state index is 0.0971. The Kier molecular flexibility index (Phi) is 6.49. The number of carbonyl (C=O) groups is 4. The molecule has 28 heavy (non-hydrogen) atoms. The lowest BCUT2D eigenvalue weighted by Crippen LogP contribution is -2.07. The van der Waals surface area contributed by atoms with Crippen LogP contribution in [0.4, 0.5) is 0 Å². The Labute approximate surface area is 161 Å². The fourth-order valence-corrected chi connectivity index (χ4v) is 2.39. The molecule has 8 nitrogen and oxygen atoms in total. The Morgan fingerprint density at radius 3 is 1.14 bits per heavy atom. The lowest BCUT2D eigenvalue weighted by atomic mass is 10.0. The summed E-state index contributed by atoms with van der Waals surface area (Å²) in [5.41, 5.74) is 0.799. The average molecular weight is 386 g/mol. The molecule has 0 aliphatic rings. The van der Waals surface area contributed by atoms with Crippen LogP contribution < -0.4 is 18.9 Å². The topological polar surface area (TPSA) is 105 Å². The Morgan fingerprint density at radius 2 is 0.857 bits per heavy atom. The molecule has 0 unspecified atom stereocenters. The van der Waals surface area contributed by atoms with Gasteiger partial charge in [0.15, 0.2) is 0 Å². The highest BCUT2D eigenvalue weighted by Crippen LogP contribution is 2.40. The number of hydrogen-bond donors (Lipinski definition) is 0. The van der Waals surface area contributed by atoms with Crippen molar-refractivity contribution in [3.63, 3.8) is 0 Å². The second kappa shape index (κ2) is 8.81. The molecular weight excluding hydrogens is 368 g/mol. The zero-order valence-electron chi connectivity index (χ0n) is 15.7. The maximum atomic E-state index is 11.5. The van der Waals surface area contributed by atoms with Crippen molar-refractivity contribution in [1.82, 2.24) is 0 Å². The van der Waals surface area contributed by atoms with Gasteiger partial charge in [-0.05, 0) is 24.3 Å². The van der Waals surface area contributed by atoms with Gasteiger partial charge in [0, 0.05) is 51.0 Å². The van der Waals surface area contributed by atoms with Crippen LogP contribution in [0.2, 0.25) is 0 Å². The van der Waals surface area contributed by atoms with Gasteiger partial charge in [-0.2, -0.15) is 0 Å². The van der Waals surface area contributed by atoms with Crippen molar-refractivity contribution >= 4 is 23.9 Å². The highest BCUT2D eigenvalue weighted by atomic mass is 16.6. The number of esters is 4. The second-order valence-electron chi connectivity index (χ2n) is 5.69. The maximum absolute atomic E-state index is 11.5. The summed E-state index contributed by atoms with van der Waals surface area (Å²) in [5, 5.41) is 0. The van der Waals surface area contributed by atoms with E-state index >= 15 is 0 Å². The number of hydrogen-bond acceptors (Lipinski definition) is 8. The lowest BCUT2D eigenvalue weighted by Gasteiger charge is -2.15. The first-order chi connectivity index (χ1) is 13.2. The van der Waals surface area contributed by atoms with Crippen LogP contribution in [0.5, 0.6) is 23.0 Å². The lowest BCUT2D eigenvalue weighted by molar-refractivity contribution is -0.133. The van der Waals surface area contributed by atoms with Crippen molar-refractivity contribution in [2.24, 2.45) is 0 Å². The van der Waals surface area contributed by atoms with E-state index in [2.05, 4.69) is 0 Å². The number of benzene rings is 2. The van der Waals surface area contributed by atoms with Crippen LogP contribution in [0, 0.1) is 0 Å². The maximum Gasteiger partial charge on any atom is 0.308 e. The molecular formula is C20H18O8. The van der Waals surface area contributed by atoms with E-state index in [-0.39, 0.29) is 23.0 Å². The normalized spacial score (nSPS) is 10.0. The molecule has 0 heterocycles. The van der Waals surface area contributed by atoms with E-state index in [0.29, 0.717) is 11.1 Å². The second-order valence-corrected chi connectivity index (χ2v) is 5.69. The number of ether oxygens (including phenoxy) is 4. The Balaban J connectivity index is 2.60. The predicted octanol–water partition coefficient (Wildman–Crippen LogP) is 3.05. The first-order valence-corrected chi connectivity index (χ1v) is 8.18. The summed E-state index contributed by atoms with van der Waals surface area (Å²) in [5.74, 6) is -1.70. The highest BCUT2D eigenvalue weighted by Gasteiger charge is 2.17. The molecule has 0 atom stereocenters. The molecule has 0 N–H and O–H groups in total. The summed E-state index contributed by atoms with van der Waals surface area (Å²) >= 11 is 0. The first kappa shape index (κ1) is 20.6. The van der Waals surface area contributed by atoms with E-state index in [0.717, 1.165) is 0 Å². The summed E-state index contributed by atoms with van der Waals surface area (Å²) in [6.45, 7) is 4.93. The minimum atomic E-state index is -0.591. The van der Waals surface area contributed by atoms with Crippen molar-refractivity contribution in [2.75, 3.05) is 0 Å². The fourth-order valence-electron chi connectivity index (χ4n) is 2.39. The molecule has 0 aliphatic heterocycles. The first-order valence-electron chi connectivity index (χ1n) is 8.18. The molecule has 146 valence electrons. The van der Waals surface area contributed by atoms with Crippen molar-refractivity contribution in [1.29, 1.82) is 0 Å². The van der Waals surface area contributed by atoms with Crippen LogP contribution in [0.15, 0.2) is 36.4 Å². The summed E-state index contributed by atoms with van der Waals surface area (Å²) < 4.78 is 20.5. The number of carbonyl (C=O) groups excluding carboxylic acids is 4. The highest BCUT2D eigenvalue weighted by molar-refractivity contribution is 5.83. The van der Waals surface area contributed by atoms with Crippen LogP contribution >= 0.6 is 0 Å². The molecule has 0 spiro atoms. The van der Waals surface area contributed by atoms with Crippen molar-refractivity contribution in [2.45, 2.75) is 27.7 Å². The number of rotatable bonds is 5. The van der Waals surface area contributed by atoms with Gasteiger partial charge in [-0.25, -0.2) is 0 Å². The SMILES string of the molecule is CC(=O)Oc1ccc(-c2ccc(OC(C)=O)cc2OC(C)=O)c(OC(C)=O)c1. The summed E-state index contributed by atoms with van der Waals surface area (Å²) in [4.78, 5) is 45.3. The van der Waals surface area contributed by atoms with Gasteiger partial charge in [0.1, 0.15) is 23.0 Å². The summed E-state index contributed by atoms with van der Waals surface area (Å²) in [6.07, 6.45) is 0. The monoisotopic (exact) mass is 386 g/mol. The van der Waals surface area contributed by atoms with E-state index in [9.17, 15) is 19.2 Å². The van der Waals surface area contributed by atoms with Crippen LogP contribution in [-0.4, -0.2) is 23.9 Å². The standard InChI is InChI=1S/C20H18O8/c1-11(21)25-15-5-7-17(19(9-15)27-13(3)23)18-8-6-16(26-12(2)22)10-20(18)28-14(4)24/h5-10H,1-4H3. The van der Waals surface area contributed by atoms with Gasteiger partial charge >= 0.3 is 23.9 Å². The van der Waals surface area contributed by atoms with E-state index in [1.807, 2.05) is 0 Å². The average Bonchev–Trinajstić information content (AvgIpc) is 2.54. The minimum Gasteiger partial charge on any atom is -0.427 e. The smallest absolute Gasteiger partial charge is 0.308 e. The molecule has 2 rings (SSSR count).